The summed E-state index contributed by atoms with van der Waals surface area (Å²) in [5.41, 5.74) is 0.323. The molecule has 1 aromatic rings. The van der Waals surface area contributed by atoms with E-state index in [1.54, 1.807) is 12.1 Å². The summed E-state index contributed by atoms with van der Waals surface area (Å²) < 4.78 is 11.1. The molecular weight excluding hydrogens is 324 g/mol. The number of rotatable bonds is 7. The molecule has 0 aromatic carbocycles. The molecule has 0 radical (unpaired) electrons. The molecule has 5 atom stereocenters. The molecule has 0 aliphatic heterocycles. The van der Waals surface area contributed by atoms with E-state index in [2.05, 4.69) is 27.7 Å². The predicted octanol–water partition coefficient (Wildman–Crippen LogP) is 6.48. The van der Waals surface area contributed by atoms with Gasteiger partial charge in [-0.05, 0) is 67.4 Å². The maximum Gasteiger partial charge on any atom is 0.374 e. The normalized spacial score (nSPS) is 32.4. The van der Waals surface area contributed by atoms with Crippen LogP contribution in [0.1, 0.15) is 89.6 Å². The van der Waals surface area contributed by atoms with Gasteiger partial charge in [0, 0.05) is 5.92 Å². The first-order valence-electron chi connectivity index (χ1n) is 10.7. The molecule has 26 heavy (non-hydrogen) atoms. The predicted molar refractivity (Wildman–Crippen MR) is 104 cm³/mol. The molecule has 0 bridgehead atoms. The summed E-state index contributed by atoms with van der Waals surface area (Å²) >= 11 is 0. The number of ether oxygens (including phenoxy) is 1. The average Bonchev–Trinajstić information content (AvgIpc) is 3.22. The number of esters is 1. The van der Waals surface area contributed by atoms with Crippen LogP contribution >= 0.6 is 0 Å². The highest BCUT2D eigenvalue weighted by molar-refractivity contribution is 5.86. The van der Waals surface area contributed by atoms with Crippen molar-refractivity contribution in [2.24, 2.45) is 29.1 Å². The van der Waals surface area contributed by atoms with Crippen LogP contribution in [0.4, 0.5) is 0 Å². The fraction of sp³-hybridized carbons (Fsp3) is 0.783. The molecule has 1 heterocycles. The van der Waals surface area contributed by atoms with Crippen LogP contribution in [0.2, 0.25) is 0 Å². The van der Waals surface area contributed by atoms with Gasteiger partial charge in [-0.15, -0.1) is 0 Å². The minimum atomic E-state index is -0.294. The fourth-order valence-electron chi connectivity index (χ4n) is 5.88. The largest absolute Gasteiger partial charge is 0.457 e. The number of furan rings is 1. The Morgan fingerprint density at radius 1 is 1.27 bits per heavy atom. The van der Waals surface area contributed by atoms with Gasteiger partial charge < -0.3 is 9.15 Å². The number of fused-ring (bicyclic) bond motifs is 1. The van der Waals surface area contributed by atoms with E-state index < -0.39 is 0 Å². The third-order valence-corrected chi connectivity index (χ3v) is 7.24. The van der Waals surface area contributed by atoms with Gasteiger partial charge in [-0.1, -0.05) is 47.0 Å². The van der Waals surface area contributed by atoms with Crippen LogP contribution < -0.4 is 0 Å². The van der Waals surface area contributed by atoms with Crippen LogP contribution in [0.25, 0.3) is 0 Å². The molecule has 2 aliphatic rings. The first-order chi connectivity index (χ1) is 12.4. The summed E-state index contributed by atoms with van der Waals surface area (Å²) in [7, 11) is 0. The summed E-state index contributed by atoms with van der Waals surface area (Å²) in [5, 5.41) is 0. The molecule has 0 amide bonds. The highest BCUT2D eigenvalue weighted by atomic mass is 16.6. The number of hydrogen-bond acceptors (Lipinski definition) is 3. The van der Waals surface area contributed by atoms with Crippen LogP contribution in [0.15, 0.2) is 22.8 Å². The second kappa shape index (κ2) is 8.19. The van der Waals surface area contributed by atoms with E-state index in [9.17, 15) is 4.79 Å². The number of carbonyl (C=O) groups is 1. The topological polar surface area (TPSA) is 39.4 Å². The Bertz CT molecular complexity index is 576. The highest BCUT2D eigenvalue weighted by Gasteiger charge is 2.53. The zero-order valence-corrected chi connectivity index (χ0v) is 17.0. The third-order valence-electron chi connectivity index (χ3n) is 7.24. The SMILES string of the molecule is CC(C)CCC[C@@H](C)[C@H]1CC[C@H]2[C@@H](OC(=O)c3ccco3)CCC[C@]12C. The summed E-state index contributed by atoms with van der Waals surface area (Å²) in [5.74, 6) is 2.88. The molecule has 146 valence electrons. The molecule has 0 spiro atoms. The Morgan fingerprint density at radius 2 is 2.08 bits per heavy atom. The molecule has 1 aromatic heterocycles. The lowest BCUT2D eigenvalue weighted by molar-refractivity contribution is -0.0488. The van der Waals surface area contributed by atoms with Gasteiger partial charge in [0.05, 0.1) is 6.26 Å². The lowest BCUT2D eigenvalue weighted by Crippen LogP contribution is -2.43. The maximum atomic E-state index is 12.4. The van der Waals surface area contributed by atoms with Gasteiger partial charge in [0.15, 0.2) is 0 Å². The van der Waals surface area contributed by atoms with Gasteiger partial charge in [0.25, 0.3) is 0 Å². The van der Waals surface area contributed by atoms with Gasteiger partial charge in [-0.25, -0.2) is 4.79 Å². The van der Waals surface area contributed by atoms with Crippen LogP contribution in [0.3, 0.4) is 0 Å². The smallest absolute Gasteiger partial charge is 0.374 e. The summed E-state index contributed by atoms with van der Waals surface area (Å²) in [6.07, 6.45) is 11.5. The maximum absolute atomic E-state index is 12.4. The van der Waals surface area contributed by atoms with Gasteiger partial charge in [-0.2, -0.15) is 0 Å². The second-order valence-electron chi connectivity index (χ2n) is 9.41. The van der Waals surface area contributed by atoms with E-state index in [0.29, 0.717) is 17.1 Å². The van der Waals surface area contributed by atoms with Gasteiger partial charge in [0.2, 0.25) is 5.76 Å². The molecule has 0 unspecified atom stereocenters. The first kappa shape index (κ1) is 19.5. The van der Waals surface area contributed by atoms with Crippen molar-refractivity contribution in [2.75, 3.05) is 0 Å². The Hall–Kier alpha value is -1.25. The average molecular weight is 361 g/mol. The standard InChI is InChI=1S/C23H36O3/c1-16(2)8-5-9-17(3)18-12-13-19-20(10-6-14-23(18,19)4)26-22(24)21-11-7-15-25-21/h7,11,15-20H,5-6,8-10,12-14H2,1-4H3/t17-,18-,19+,20+,23-/m1/s1. The van der Waals surface area contributed by atoms with E-state index in [4.69, 9.17) is 9.15 Å². The Kier molecular flexibility index (Phi) is 6.14. The Morgan fingerprint density at radius 3 is 2.77 bits per heavy atom. The van der Waals surface area contributed by atoms with Crippen molar-refractivity contribution in [1.82, 2.24) is 0 Å². The second-order valence-corrected chi connectivity index (χ2v) is 9.41. The van der Waals surface area contributed by atoms with E-state index in [-0.39, 0.29) is 12.1 Å². The Balaban J connectivity index is 1.63. The third kappa shape index (κ3) is 4.02. The number of hydrogen-bond donors (Lipinski definition) is 0. The van der Waals surface area contributed by atoms with Crippen molar-refractivity contribution in [1.29, 1.82) is 0 Å². The molecule has 2 saturated carbocycles. The van der Waals surface area contributed by atoms with Gasteiger partial charge in [0.1, 0.15) is 6.10 Å². The molecule has 3 nitrogen and oxygen atoms in total. The van der Waals surface area contributed by atoms with Crippen molar-refractivity contribution >= 4 is 5.97 Å². The van der Waals surface area contributed by atoms with Crippen molar-refractivity contribution in [3.05, 3.63) is 24.2 Å². The summed E-state index contributed by atoms with van der Waals surface area (Å²) in [4.78, 5) is 12.4. The van der Waals surface area contributed by atoms with Crippen LogP contribution in [-0.2, 0) is 4.74 Å². The lowest BCUT2D eigenvalue weighted by atomic mass is 9.61. The van der Waals surface area contributed by atoms with Gasteiger partial charge >= 0.3 is 5.97 Å². The fourth-order valence-corrected chi connectivity index (χ4v) is 5.88. The van der Waals surface area contributed by atoms with E-state index in [1.165, 1.54) is 44.8 Å². The quantitative estimate of drug-likeness (QED) is 0.522. The highest BCUT2D eigenvalue weighted by Crippen LogP contribution is 2.58. The van der Waals surface area contributed by atoms with Crippen molar-refractivity contribution in [3.8, 4) is 0 Å². The van der Waals surface area contributed by atoms with Crippen molar-refractivity contribution < 1.29 is 13.9 Å². The van der Waals surface area contributed by atoms with E-state index in [0.717, 1.165) is 30.6 Å². The Labute approximate surface area is 158 Å². The molecular formula is C23H36O3. The molecule has 3 rings (SSSR count). The van der Waals surface area contributed by atoms with Crippen LogP contribution in [0.5, 0.6) is 0 Å². The zero-order chi connectivity index (χ0) is 18.7. The molecule has 0 saturated heterocycles. The first-order valence-corrected chi connectivity index (χ1v) is 10.7. The van der Waals surface area contributed by atoms with E-state index >= 15 is 0 Å². The van der Waals surface area contributed by atoms with Crippen LogP contribution in [-0.4, -0.2) is 12.1 Å². The molecule has 2 aliphatic carbocycles. The van der Waals surface area contributed by atoms with Gasteiger partial charge in [-0.3, -0.25) is 0 Å². The summed E-state index contributed by atoms with van der Waals surface area (Å²) in [6, 6.07) is 3.44. The molecule has 0 N–H and O–H groups in total. The lowest BCUT2D eigenvalue weighted by Gasteiger charge is -2.46. The summed E-state index contributed by atoms with van der Waals surface area (Å²) in [6.45, 7) is 9.56. The monoisotopic (exact) mass is 360 g/mol. The minimum Gasteiger partial charge on any atom is -0.457 e. The van der Waals surface area contributed by atoms with E-state index in [1.807, 2.05) is 0 Å². The molecule has 2 fully saturated rings. The minimum absolute atomic E-state index is 0.0548. The molecule has 3 heteroatoms. The van der Waals surface area contributed by atoms with Crippen LogP contribution in [0, 0.1) is 29.1 Å². The zero-order valence-electron chi connectivity index (χ0n) is 17.0. The number of carbonyl (C=O) groups excluding carboxylic acids is 1. The van der Waals surface area contributed by atoms with Crippen molar-refractivity contribution in [3.63, 3.8) is 0 Å². The van der Waals surface area contributed by atoms with Crippen molar-refractivity contribution in [2.45, 2.75) is 85.2 Å².